The van der Waals surface area contributed by atoms with Gasteiger partial charge in [-0.3, -0.25) is 4.79 Å². The fourth-order valence-electron chi connectivity index (χ4n) is 1.64. The molecule has 3 nitrogen and oxygen atoms in total. The van der Waals surface area contributed by atoms with Crippen molar-refractivity contribution < 1.29 is 33.8 Å². The Kier molecular flexibility index (Phi) is 3.53. The lowest BCUT2D eigenvalue weighted by atomic mass is 10.2. The summed E-state index contributed by atoms with van der Waals surface area (Å²) in [5.74, 6) is -1.27. The molecule has 0 radical (unpaired) electrons. The largest absolute Gasteiger partial charge is 0.423 e. The van der Waals surface area contributed by atoms with E-state index >= 15 is 0 Å². The molecule has 2 rings (SSSR count). The molecule has 0 aliphatic carbocycles. The summed E-state index contributed by atoms with van der Waals surface area (Å²) in [7, 11) is -9.87. The van der Waals surface area contributed by atoms with E-state index in [0.717, 1.165) is 6.07 Å². The molecular weight excluding hydrogens is 343 g/mol. The van der Waals surface area contributed by atoms with Crippen LogP contribution in [0.1, 0.15) is 20.7 Å². The Labute approximate surface area is 127 Å². The molecule has 9 heteroatoms. The minimum absolute atomic E-state index is 0.0432. The smallest absolute Gasteiger partial charge is 0.343 e. The fraction of sp³-hybridized carbons (Fsp3) is 0. The molecule has 0 aromatic heterocycles. The van der Waals surface area contributed by atoms with Crippen LogP contribution < -0.4 is 4.74 Å². The molecule has 0 bridgehead atoms. The van der Waals surface area contributed by atoms with Crippen LogP contribution in [0.5, 0.6) is 5.75 Å². The third kappa shape index (κ3) is 4.28. The molecule has 2 aromatic rings. The van der Waals surface area contributed by atoms with Crippen LogP contribution in [0, 0.1) is 0 Å². The molecule has 0 unspecified atom stereocenters. The van der Waals surface area contributed by atoms with Crippen LogP contribution in [-0.4, -0.2) is 12.3 Å². The highest BCUT2D eigenvalue weighted by atomic mass is 32.5. The van der Waals surface area contributed by atoms with Gasteiger partial charge >= 0.3 is 16.2 Å². The van der Waals surface area contributed by atoms with Crippen molar-refractivity contribution in [2.24, 2.45) is 0 Å². The number of hydrogen-bond acceptors (Lipinski definition) is 3. The molecular formula is C14H9F5O3S. The Morgan fingerprint density at radius 3 is 2.09 bits per heavy atom. The van der Waals surface area contributed by atoms with Gasteiger partial charge in [-0.05, 0) is 42.5 Å². The molecule has 0 saturated carbocycles. The van der Waals surface area contributed by atoms with Crippen LogP contribution in [0.4, 0.5) is 19.4 Å². The van der Waals surface area contributed by atoms with Crippen LogP contribution in [0.15, 0.2) is 53.4 Å². The second kappa shape index (κ2) is 4.79. The Balaban J connectivity index is 2.28. The summed E-state index contributed by atoms with van der Waals surface area (Å²) in [5.41, 5.74) is -0.372. The summed E-state index contributed by atoms with van der Waals surface area (Å²) in [4.78, 5) is 20.1. The summed E-state index contributed by atoms with van der Waals surface area (Å²) < 4.78 is 68.4. The third-order valence-corrected chi connectivity index (χ3v) is 3.89. The molecule has 0 spiro atoms. The number of halogens is 5. The second-order valence-electron chi connectivity index (χ2n) is 4.57. The minimum atomic E-state index is -9.87. The molecule has 0 fully saturated rings. The van der Waals surface area contributed by atoms with Gasteiger partial charge in [0.25, 0.3) is 0 Å². The minimum Gasteiger partial charge on any atom is -0.423 e. The Hall–Kier alpha value is -2.42. The first-order valence-electron chi connectivity index (χ1n) is 6.01. The summed E-state index contributed by atoms with van der Waals surface area (Å²) in [5, 5.41) is 0. The monoisotopic (exact) mass is 352 g/mol. The highest BCUT2D eigenvalue weighted by Gasteiger charge is 2.65. The number of carbonyl (C=O) groups excluding carboxylic acids is 2. The number of benzene rings is 2. The predicted octanol–water partition coefficient (Wildman–Crippen LogP) is 5.38. The van der Waals surface area contributed by atoms with Crippen molar-refractivity contribution in [1.82, 2.24) is 0 Å². The summed E-state index contributed by atoms with van der Waals surface area (Å²) in [6.07, 6.45) is 0.545. The van der Waals surface area contributed by atoms with E-state index in [-0.39, 0.29) is 17.9 Å². The van der Waals surface area contributed by atoms with E-state index < -0.39 is 26.7 Å². The molecule has 0 amide bonds. The lowest BCUT2D eigenvalue weighted by Crippen LogP contribution is -2.11. The Morgan fingerprint density at radius 2 is 1.57 bits per heavy atom. The lowest BCUT2D eigenvalue weighted by Gasteiger charge is -2.40. The van der Waals surface area contributed by atoms with E-state index in [0.29, 0.717) is 17.9 Å². The van der Waals surface area contributed by atoms with Gasteiger partial charge in [0.1, 0.15) is 16.9 Å². The predicted molar refractivity (Wildman–Crippen MR) is 74.6 cm³/mol. The van der Waals surface area contributed by atoms with Crippen molar-refractivity contribution in [1.29, 1.82) is 0 Å². The zero-order valence-electron chi connectivity index (χ0n) is 11.2. The lowest BCUT2D eigenvalue weighted by molar-refractivity contribution is 0.0734. The van der Waals surface area contributed by atoms with Crippen molar-refractivity contribution >= 4 is 22.5 Å². The Bertz CT molecular complexity index is 769. The number of esters is 1. The van der Waals surface area contributed by atoms with Gasteiger partial charge in [-0.25, -0.2) is 4.79 Å². The van der Waals surface area contributed by atoms with Gasteiger partial charge in [0, 0.05) is 5.56 Å². The maximum Gasteiger partial charge on any atom is 0.343 e. The molecule has 0 saturated heterocycles. The molecule has 23 heavy (non-hydrogen) atoms. The van der Waals surface area contributed by atoms with Crippen LogP contribution in [0.25, 0.3) is 0 Å². The van der Waals surface area contributed by atoms with Crippen LogP contribution in [0.2, 0.25) is 0 Å². The second-order valence-corrected chi connectivity index (χ2v) is 6.98. The first-order valence-corrected chi connectivity index (χ1v) is 7.96. The van der Waals surface area contributed by atoms with Gasteiger partial charge in [-0.2, -0.15) is 0 Å². The number of hydrogen-bond donors (Lipinski definition) is 0. The van der Waals surface area contributed by atoms with E-state index in [1.54, 1.807) is 0 Å². The van der Waals surface area contributed by atoms with Crippen molar-refractivity contribution in [3.05, 3.63) is 59.7 Å². The molecule has 2 aromatic carbocycles. The van der Waals surface area contributed by atoms with E-state index in [1.165, 1.54) is 24.3 Å². The van der Waals surface area contributed by atoms with Crippen LogP contribution in [0.3, 0.4) is 0 Å². The zero-order chi connectivity index (χ0) is 17.4. The van der Waals surface area contributed by atoms with Crippen molar-refractivity contribution in [2.45, 2.75) is 4.90 Å². The topological polar surface area (TPSA) is 43.4 Å². The van der Waals surface area contributed by atoms with Gasteiger partial charge < -0.3 is 4.74 Å². The number of carbonyl (C=O) groups is 2. The van der Waals surface area contributed by atoms with Crippen molar-refractivity contribution in [2.75, 3.05) is 0 Å². The first kappa shape index (κ1) is 16.9. The summed E-state index contributed by atoms with van der Waals surface area (Å²) >= 11 is 0. The third-order valence-electron chi connectivity index (χ3n) is 2.74. The SMILES string of the molecule is O=Cc1ccc(OC(=O)c2cccc(S(F)(F)(F)(F)F)c2)cc1. The van der Waals surface area contributed by atoms with E-state index in [4.69, 9.17) is 4.74 Å². The maximum absolute atomic E-state index is 12.7. The standard InChI is InChI=1S/C14H9F5O3S/c15-23(16,17,18,19)13-3-1-2-11(8-13)14(21)22-12-6-4-10(9-20)5-7-12/h1-9H. The van der Waals surface area contributed by atoms with E-state index in [2.05, 4.69) is 0 Å². The quantitative estimate of drug-likeness (QED) is 0.321. The molecule has 0 N–H and O–H groups in total. The van der Waals surface area contributed by atoms with Crippen LogP contribution in [-0.2, 0) is 0 Å². The van der Waals surface area contributed by atoms with Crippen molar-refractivity contribution in [3.8, 4) is 5.75 Å². The van der Waals surface area contributed by atoms with Gasteiger partial charge in [0.2, 0.25) is 0 Å². The summed E-state index contributed by atoms with van der Waals surface area (Å²) in [6.45, 7) is 0. The average molecular weight is 352 g/mol. The highest BCUT2D eigenvalue weighted by molar-refractivity contribution is 8.45. The summed E-state index contributed by atoms with van der Waals surface area (Å²) in [6, 6.07) is 6.99. The van der Waals surface area contributed by atoms with E-state index in [9.17, 15) is 29.0 Å². The van der Waals surface area contributed by atoms with Crippen LogP contribution >= 0.6 is 10.2 Å². The average Bonchev–Trinajstić information content (AvgIpc) is 2.46. The zero-order valence-corrected chi connectivity index (χ0v) is 12.0. The molecule has 0 heterocycles. The Morgan fingerprint density at radius 1 is 0.957 bits per heavy atom. The van der Waals surface area contributed by atoms with Gasteiger partial charge in [-0.15, -0.1) is 0 Å². The molecule has 0 aliphatic rings. The fourth-order valence-corrected chi connectivity index (χ4v) is 2.33. The van der Waals surface area contributed by atoms with E-state index in [1.807, 2.05) is 0 Å². The first-order chi connectivity index (χ1) is 10.4. The molecule has 0 atom stereocenters. The molecule has 0 aliphatic heterocycles. The van der Waals surface area contributed by atoms with Gasteiger partial charge in [-0.1, -0.05) is 25.5 Å². The number of rotatable bonds is 4. The number of aldehydes is 1. The normalized spacial score (nSPS) is 14.5. The number of ether oxygens (including phenoxy) is 1. The maximum atomic E-state index is 12.7. The highest BCUT2D eigenvalue weighted by Crippen LogP contribution is 3.02. The molecule has 124 valence electrons. The van der Waals surface area contributed by atoms with Crippen molar-refractivity contribution in [3.63, 3.8) is 0 Å². The van der Waals surface area contributed by atoms with Gasteiger partial charge in [0.15, 0.2) is 0 Å². The van der Waals surface area contributed by atoms with Gasteiger partial charge in [0.05, 0.1) is 5.56 Å².